The molecule has 476 valence electrons. The van der Waals surface area contributed by atoms with Crippen molar-refractivity contribution in [3.8, 4) is 11.5 Å². The van der Waals surface area contributed by atoms with E-state index in [0.717, 1.165) is 20.0 Å². The van der Waals surface area contributed by atoms with Crippen molar-refractivity contribution >= 4 is 71.9 Å². The lowest BCUT2D eigenvalue weighted by molar-refractivity contribution is -0.385. The lowest BCUT2D eigenvalue weighted by Gasteiger charge is -2.13. The summed E-state index contributed by atoms with van der Waals surface area (Å²) in [6, 6.07) is 6.87. The van der Waals surface area contributed by atoms with Crippen LogP contribution in [0.2, 0.25) is 0 Å². The summed E-state index contributed by atoms with van der Waals surface area (Å²) in [4.78, 5) is 125. The van der Waals surface area contributed by atoms with Crippen LogP contribution < -0.4 is 53.7 Å². The van der Waals surface area contributed by atoms with Gasteiger partial charge in [0.2, 0.25) is 0 Å². The van der Waals surface area contributed by atoms with E-state index in [1.807, 2.05) is 0 Å². The van der Waals surface area contributed by atoms with E-state index in [9.17, 15) is 68.2 Å². The topological polar surface area (TPSA) is 564 Å². The number of ether oxygens (including phenoxy) is 8. The number of nitrogens with zero attached hydrogens (tertiary/aromatic N) is 2. The van der Waals surface area contributed by atoms with E-state index in [0.29, 0.717) is 84.0 Å². The van der Waals surface area contributed by atoms with Gasteiger partial charge in [-0.05, 0) is 101 Å². The smallest absolute Gasteiger partial charge is 0.480 e. The molecule has 4 unspecified atom stereocenters. The zero-order valence-corrected chi connectivity index (χ0v) is 47.2. The molecule has 0 aliphatic heterocycles. The standard InChI is InChI=1S/C10H18N2O6.2C8H16N2O4.2C8H7NO5.C6H14N2O2/c1-17-9(15)11-6-4-3-5-7(8(13)14)12-10(16)18-2;2*1-14-8(13)10-5-3-2-4-6(9)7(11)12;2*1-13-8(10)14-7-4-2-6(3-5-7)9(11)12;7-4-2-1-3-5(8)6(9)10/h7H,3-6H2,1-2H3,(H,11,15)(H,12,16)(H,13,14);2*6H,2-5,9H2,1H3,(H,10,13)(H,11,12);2*2-5H,1H3;5H,1-4,7-8H2,(H,9,10). The minimum absolute atomic E-state index is 0.0674. The van der Waals surface area contributed by atoms with E-state index in [2.05, 4.69) is 59.2 Å². The van der Waals surface area contributed by atoms with Crippen molar-refractivity contribution in [2.45, 2.75) is 101 Å². The van der Waals surface area contributed by atoms with Gasteiger partial charge in [-0.15, -0.1) is 0 Å². The fraction of sp³-hybridized carbons (Fsp3) is 0.542. The number of rotatable bonds is 28. The number of alkyl carbamates (subject to hydrolysis) is 4. The molecule has 0 saturated heterocycles. The number of unbranched alkanes of at least 4 members (excludes halogenated alkanes) is 4. The van der Waals surface area contributed by atoms with Crippen molar-refractivity contribution in [1.29, 1.82) is 0 Å². The summed E-state index contributed by atoms with van der Waals surface area (Å²) in [5.74, 6) is -3.65. The molecule has 0 fully saturated rings. The van der Waals surface area contributed by atoms with E-state index in [-0.39, 0.29) is 29.3 Å². The van der Waals surface area contributed by atoms with Crippen LogP contribution in [0, 0.1) is 20.2 Å². The number of nitrogens with one attached hydrogen (secondary N) is 4. The molecule has 2 aromatic rings. The summed E-state index contributed by atoms with van der Waals surface area (Å²) in [5, 5.41) is 64.2. The van der Waals surface area contributed by atoms with Gasteiger partial charge in [-0.25, -0.2) is 33.6 Å². The highest BCUT2D eigenvalue weighted by Gasteiger charge is 2.20. The summed E-state index contributed by atoms with van der Waals surface area (Å²) >= 11 is 0. The summed E-state index contributed by atoms with van der Waals surface area (Å²) in [7, 11) is 7.34. The number of hydrogen-bond donors (Lipinski definition) is 12. The molecule has 0 radical (unpaired) electrons. The number of nitro groups is 2. The first-order chi connectivity index (χ1) is 39.6. The third kappa shape index (κ3) is 48.5. The second kappa shape index (κ2) is 51.7. The first kappa shape index (κ1) is 81.1. The molecule has 2 aromatic carbocycles. The molecule has 0 spiro atoms. The molecule has 4 amide bonds. The van der Waals surface area contributed by atoms with Gasteiger partial charge in [0.1, 0.15) is 35.7 Å². The predicted octanol–water partition coefficient (Wildman–Crippen LogP) is 3.18. The normalized spacial score (nSPS) is 11.0. The zero-order valence-electron chi connectivity index (χ0n) is 47.2. The number of carbonyl (C=O) groups is 10. The molecule has 16 N–H and O–H groups in total. The van der Waals surface area contributed by atoms with Crippen LogP contribution in [-0.4, -0.2) is 184 Å². The van der Waals surface area contributed by atoms with Crippen LogP contribution in [0.4, 0.5) is 40.1 Å². The highest BCUT2D eigenvalue weighted by Crippen LogP contribution is 2.18. The van der Waals surface area contributed by atoms with Crippen LogP contribution in [0.15, 0.2) is 48.5 Å². The molecule has 0 bridgehead atoms. The van der Waals surface area contributed by atoms with Crippen LogP contribution in [0.5, 0.6) is 11.5 Å². The number of nitro benzene ring substituents is 2. The van der Waals surface area contributed by atoms with Gasteiger partial charge in [0, 0.05) is 43.9 Å². The van der Waals surface area contributed by atoms with Gasteiger partial charge in [-0.3, -0.25) is 34.6 Å². The van der Waals surface area contributed by atoms with Crippen LogP contribution in [-0.2, 0) is 47.6 Å². The molecule has 2 rings (SSSR count). The molecule has 4 atom stereocenters. The lowest BCUT2D eigenvalue weighted by Crippen LogP contribution is -2.40. The molecular formula is C48H78N10O26. The molecule has 36 heteroatoms. The quantitative estimate of drug-likeness (QED) is 0.0145. The minimum Gasteiger partial charge on any atom is -0.480 e. The van der Waals surface area contributed by atoms with Crippen LogP contribution in [0.3, 0.4) is 0 Å². The van der Waals surface area contributed by atoms with Crippen molar-refractivity contribution in [3.05, 3.63) is 68.8 Å². The number of methoxy groups -OCH3 is 6. The highest BCUT2D eigenvalue weighted by atomic mass is 16.7. The maximum atomic E-state index is 10.9. The summed E-state index contributed by atoms with van der Waals surface area (Å²) in [6.45, 7) is 1.93. The fourth-order valence-corrected chi connectivity index (χ4v) is 5.12. The first-order valence-corrected chi connectivity index (χ1v) is 24.8. The number of carbonyl (C=O) groups excluding carboxylic acids is 6. The predicted molar refractivity (Wildman–Crippen MR) is 292 cm³/mol. The third-order valence-electron chi connectivity index (χ3n) is 9.69. The molecule has 0 saturated carbocycles. The monoisotopic (exact) mass is 1210 g/mol. The number of amides is 4. The Kier molecular flexibility index (Phi) is 49.9. The number of hydrogen-bond acceptors (Lipinski definition) is 26. The fourth-order valence-electron chi connectivity index (χ4n) is 5.12. The maximum absolute atomic E-state index is 10.9. The van der Waals surface area contributed by atoms with Gasteiger partial charge in [-0.1, -0.05) is 6.42 Å². The van der Waals surface area contributed by atoms with Crippen molar-refractivity contribution in [3.63, 3.8) is 0 Å². The van der Waals surface area contributed by atoms with E-state index < -0.39 is 94.6 Å². The SMILES string of the molecule is COC(=O)NCCCCC(N)C(=O)O.COC(=O)NCCCCC(N)C(=O)O.COC(=O)NCCCCC(NC(=O)OC)C(=O)O.COC(=O)Oc1ccc([N+](=O)[O-])cc1.COC(=O)Oc1ccc([N+](=O)[O-])cc1.NCCCCC(N)C(=O)O. The van der Waals surface area contributed by atoms with Gasteiger partial charge in [0.05, 0.1) is 52.5 Å². The number of non-ortho nitro benzene ring substituents is 2. The second-order valence-corrected chi connectivity index (χ2v) is 16.0. The van der Waals surface area contributed by atoms with E-state index in [1.165, 1.54) is 84.1 Å². The van der Waals surface area contributed by atoms with Crippen LogP contribution in [0.25, 0.3) is 0 Å². The summed E-state index contributed by atoms with van der Waals surface area (Å²) in [5.41, 5.74) is 20.8. The number of nitrogens with two attached hydrogens (primary N) is 4. The summed E-state index contributed by atoms with van der Waals surface area (Å²) in [6.07, 6.45) is 3.08. The van der Waals surface area contributed by atoms with Crippen molar-refractivity contribution in [2.24, 2.45) is 22.9 Å². The molecule has 0 aromatic heterocycles. The Morgan fingerprint density at radius 3 is 0.964 bits per heavy atom. The lowest BCUT2D eigenvalue weighted by atomic mass is 10.1. The molecular weight excluding hydrogens is 1130 g/mol. The molecule has 0 heterocycles. The second-order valence-electron chi connectivity index (χ2n) is 16.0. The van der Waals surface area contributed by atoms with Gasteiger partial charge < -0.3 is 103 Å². The van der Waals surface area contributed by atoms with Gasteiger partial charge in [0.15, 0.2) is 0 Å². The van der Waals surface area contributed by atoms with Gasteiger partial charge in [-0.2, -0.15) is 0 Å². The maximum Gasteiger partial charge on any atom is 0.513 e. The number of benzene rings is 2. The number of aliphatic carboxylic acids is 4. The minimum atomic E-state index is -1.12. The Bertz CT molecular complexity index is 2150. The van der Waals surface area contributed by atoms with E-state index in [1.54, 1.807) is 0 Å². The average Bonchev–Trinajstić information content (AvgIpc) is 3.64. The Hall–Kier alpha value is -9.42. The Balaban J connectivity index is -0.000000460. The largest absolute Gasteiger partial charge is 0.513 e. The van der Waals surface area contributed by atoms with Crippen molar-refractivity contribution in [2.75, 3.05) is 68.8 Å². The zero-order chi connectivity index (χ0) is 65.0. The molecule has 0 aliphatic rings. The van der Waals surface area contributed by atoms with Crippen molar-refractivity contribution in [1.82, 2.24) is 21.3 Å². The summed E-state index contributed by atoms with van der Waals surface area (Å²) < 4.78 is 35.1. The molecule has 84 heavy (non-hydrogen) atoms. The van der Waals surface area contributed by atoms with Gasteiger partial charge >= 0.3 is 60.6 Å². The van der Waals surface area contributed by atoms with Crippen molar-refractivity contribution < 1.29 is 116 Å². The number of carboxylic acid groups (broad SMARTS) is 4. The Morgan fingerprint density at radius 2 is 0.726 bits per heavy atom. The first-order valence-electron chi connectivity index (χ1n) is 24.8. The third-order valence-corrected chi connectivity index (χ3v) is 9.69. The Labute approximate surface area is 481 Å². The van der Waals surface area contributed by atoms with Crippen LogP contribution in [0.1, 0.15) is 77.0 Å². The highest BCUT2D eigenvalue weighted by molar-refractivity contribution is 5.79. The average molecular weight is 1210 g/mol. The number of carboxylic acids is 4. The van der Waals surface area contributed by atoms with Gasteiger partial charge in [0.25, 0.3) is 11.4 Å². The van der Waals surface area contributed by atoms with E-state index in [4.69, 9.17) is 43.4 Å². The Morgan fingerprint density at radius 1 is 0.440 bits per heavy atom. The molecule has 0 aliphatic carbocycles. The van der Waals surface area contributed by atoms with Crippen LogP contribution >= 0.6 is 0 Å². The van der Waals surface area contributed by atoms with E-state index >= 15 is 0 Å². The molecule has 36 nitrogen and oxygen atoms in total.